The van der Waals surface area contributed by atoms with Crippen molar-refractivity contribution in [2.45, 2.75) is 31.2 Å². The van der Waals surface area contributed by atoms with Gasteiger partial charge in [0.15, 0.2) is 0 Å². The van der Waals surface area contributed by atoms with Crippen molar-refractivity contribution in [2.75, 3.05) is 5.75 Å². The molecule has 0 fully saturated rings. The second kappa shape index (κ2) is 6.97. The molecule has 0 aliphatic rings. The average Bonchev–Trinajstić information content (AvgIpc) is 2.37. The van der Waals surface area contributed by atoms with Crippen LogP contribution in [0, 0.1) is 17.2 Å². The Morgan fingerprint density at radius 1 is 1.47 bits per heavy atom. The van der Waals surface area contributed by atoms with Crippen LogP contribution < -0.4 is 5.32 Å². The highest BCUT2D eigenvalue weighted by Crippen LogP contribution is 2.21. The molecule has 19 heavy (non-hydrogen) atoms. The van der Waals surface area contributed by atoms with Gasteiger partial charge in [0.2, 0.25) is 5.91 Å². The van der Waals surface area contributed by atoms with E-state index in [1.807, 2.05) is 38.1 Å². The predicted molar refractivity (Wildman–Crippen MR) is 81.9 cm³/mol. The minimum Gasteiger partial charge on any atom is -0.337 e. The lowest BCUT2D eigenvalue weighted by Gasteiger charge is -2.27. The van der Waals surface area contributed by atoms with Gasteiger partial charge in [0.1, 0.15) is 5.54 Å². The molecule has 0 radical (unpaired) electrons. The maximum atomic E-state index is 11.9. The van der Waals surface area contributed by atoms with Crippen LogP contribution in [-0.4, -0.2) is 17.2 Å². The van der Waals surface area contributed by atoms with Gasteiger partial charge in [0, 0.05) is 9.37 Å². The molecule has 1 rings (SSSR count). The minimum atomic E-state index is -0.808. The van der Waals surface area contributed by atoms with Gasteiger partial charge >= 0.3 is 0 Å². The summed E-state index contributed by atoms with van der Waals surface area (Å²) in [5, 5.41) is 11.9. The third-order valence-corrected chi connectivity index (χ3v) is 4.51. The minimum absolute atomic E-state index is 0.0686. The number of hydrogen-bond donors (Lipinski definition) is 1. The number of thioether (sulfide) groups is 1. The van der Waals surface area contributed by atoms with E-state index in [4.69, 9.17) is 5.26 Å². The van der Waals surface area contributed by atoms with E-state index in [2.05, 4.69) is 27.3 Å². The second-order valence-electron chi connectivity index (χ2n) is 4.76. The summed E-state index contributed by atoms with van der Waals surface area (Å²) in [4.78, 5) is 12.9. The van der Waals surface area contributed by atoms with Gasteiger partial charge in [-0.25, -0.2) is 0 Å². The van der Waals surface area contributed by atoms with Gasteiger partial charge in [0.25, 0.3) is 0 Å². The van der Waals surface area contributed by atoms with Crippen molar-refractivity contribution in [3.8, 4) is 6.07 Å². The lowest BCUT2D eigenvalue weighted by atomic mass is 9.90. The van der Waals surface area contributed by atoms with Crippen LogP contribution >= 0.6 is 27.7 Å². The average molecular weight is 341 g/mol. The van der Waals surface area contributed by atoms with Crippen molar-refractivity contribution in [3.05, 3.63) is 28.7 Å². The third-order valence-electron chi connectivity index (χ3n) is 2.97. The van der Waals surface area contributed by atoms with Crippen molar-refractivity contribution in [3.63, 3.8) is 0 Å². The highest BCUT2D eigenvalue weighted by Gasteiger charge is 2.29. The SMILES string of the molecule is CC(C)[C@](C)(C#N)NC(=O)CSc1ccc(Br)cc1. The number of nitrogens with one attached hydrogen (secondary N) is 1. The first-order valence-corrected chi connectivity index (χ1v) is 7.76. The molecule has 0 spiro atoms. The Labute approximate surface area is 126 Å². The van der Waals surface area contributed by atoms with Gasteiger partial charge in [-0.3, -0.25) is 4.79 Å². The summed E-state index contributed by atoms with van der Waals surface area (Å²) in [7, 11) is 0. The molecule has 1 N–H and O–H groups in total. The van der Waals surface area contributed by atoms with Crippen LogP contribution in [0.4, 0.5) is 0 Å². The normalized spacial score (nSPS) is 13.7. The first kappa shape index (κ1) is 16.1. The van der Waals surface area contributed by atoms with E-state index in [1.165, 1.54) is 11.8 Å². The highest BCUT2D eigenvalue weighted by molar-refractivity contribution is 9.10. The molecular formula is C14H17BrN2OS. The molecule has 0 saturated heterocycles. The Morgan fingerprint density at radius 3 is 2.53 bits per heavy atom. The molecule has 0 unspecified atom stereocenters. The van der Waals surface area contributed by atoms with Crippen LogP contribution in [0.2, 0.25) is 0 Å². The maximum absolute atomic E-state index is 11.9. The maximum Gasteiger partial charge on any atom is 0.231 e. The Bertz CT molecular complexity index is 481. The Balaban J connectivity index is 2.53. The quantitative estimate of drug-likeness (QED) is 0.833. The van der Waals surface area contributed by atoms with Crippen LogP contribution in [0.15, 0.2) is 33.6 Å². The smallest absolute Gasteiger partial charge is 0.231 e. The standard InChI is InChI=1S/C14H17BrN2OS/c1-10(2)14(3,9-16)17-13(18)8-19-12-6-4-11(15)5-7-12/h4-7,10H,8H2,1-3H3,(H,17,18)/t14-/m0/s1. The fraction of sp³-hybridized carbons (Fsp3) is 0.429. The molecule has 5 heteroatoms. The van der Waals surface area contributed by atoms with Crippen LogP contribution in [0.3, 0.4) is 0 Å². The van der Waals surface area contributed by atoms with Crippen LogP contribution in [0.1, 0.15) is 20.8 Å². The number of rotatable bonds is 5. The molecule has 0 aliphatic heterocycles. The van der Waals surface area contributed by atoms with Crippen molar-refractivity contribution in [1.82, 2.24) is 5.32 Å². The fourth-order valence-corrected chi connectivity index (χ4v) is 2.27. The van der Waals surface area contributed by atoms with Gasteiger partial charge < -0.3 is 5.32 Å². The number of hydrogen-bond acceptors (Lipinski definition) is 3. The number of amides is 1. The fourth-order valence-electron chi connectivity index (χ4n) is 1.31. The van der Waals surface area contributed by atoms with Gasteiger partial charge in [0.05, 0.1) is 11.8 Å². The van der Waals surface area contributed by atoms with Crippen molar-refractivity contribution in [2.24, 2.45) is 5.92 Å². The van der Waals surface area contributed by atoms with Gasteiger partial charge in [-0.2, -0.15) is 5.26 Å². The molecule has 0 saturated carbocycles. The lowest BCUT2D eigenvalue weighted by Crippen LogP contribution is -2.49. The van der Waals surface area contributed by atoms with E-state index in [9.17, 15) is 4.79 Å². The van der Waals surface area contributed by atoms with Crippen molar-refractivity contribution < 1.29 is 4.79 Å². The van der Waals surface area contributed by atoms with E-state index in [-0.39, 0.29) is 11.8 Å². The Hall–Kier alpha value is -0.990. The summed E-state index contributed by atoms with van der Waals surface area (Å²) >= 11 is 4.82. The number of benzene rings is 1. The molecule has 1 aromatic rings. The first-order valence-electron chi connectivity index (χ1n) is 5.98. The molecule has 102 valence electrons. The summed E-state index contributed by atoms with van der Waals surface area (Å²) < 4.78 is 1.01. The zero-order chi connectivity index (χ0) is 14.5. The van der Waals surface area contributed by atoms with E-state index < -0.39 is 5.54 Å². The van der Waals surface area contributed by atoms with Gasteiger partial charge in [-0.1, -0.05) is 29.8 Å². The summed E-state index contributed by atoms with van der Waals surface area (Å²) in [6.45, 7) is 5.59. The molecule has 1 amide bonds. The molecule has 3 nitrogen and oxygen atoms in total. The number of carbonyl (C=O) groups is 1. The number of nitriles is 1. The predicted octanol–water partition coefficient (Wildman–Crippen LogP) is 3.60. The monoisotopic (exact) mass is 340 g/mol. The molecule has 1 aromatic carbocycles. The largest absolute Gasteiger partial charge is 0.337 e. The van der Waals surface area contributed by atoms with E-state index in [0.717, 1.165) is 9.37 Å². The number of halogens is 1. The van der Waals surface area contributed by atoms with E-state index in [0.29, 0.717) is 5.75 Å². The van der Waals surface area contributed by atoms with Crippen LogP contribution in [-0.2, 0) is 4.79 Å². The van der Waals surface area contributed by atoms with Crippen LogP contribution in [0.25, 0.3) is 0 Å². The molecule has 1 atom stereocenters. The van der Waals surface area contributed by atoms with Gasteiger partial charge in [-0.05, 0) is 37.1 Å². The zero-order valence-corrected chi connectivity index (χ0v) is 13.6. The topological polar surface area (TPSA) is 52.9 Å². The highest BCUT2D eigenvalue weighted by atomic mass is 79.9. The molecule has 0 aliphatic carbocycles. The first-order chi connectivity index (χ1) is 8.87. The summed E-state index contributed by atoms with van der Waals surface area (Å²) in [6.07, 6.45) is 0. The number of nitrogens with zero attached hydrogens (tertiary/aromatic N) is 1. The van der Waals surface area contributed by atoms with Crippen molar-refractivity contribution >= 4 is 33.6 Å². The molecular weight excluding hydrogens is 324 g/mol. The van der Waals surface area contributed by atoms with E-state index >= 15 is 0 Å². The Kier molecular flexibility index (Phi) is 5.89. The zero-order valence-electron chi connectivity index (χ0n) is 11.2. The summed E-state index contributed by atoms with van der Waals surface area (Å²) in [5.74, 6) is 0.260. The second-order valence-corrected chi connectivity index (χ2v) is 6.72. The number of carbonyl (C=O) groups excluding carboxylic acids is 1. The lowest BCUT2D eigenvalue weighted by molar-refractivity contribution is -0.120. The molecule has 0 heterocycles. The Morgan fingerprint density at radius 2 is 2.05 bits per heavy atom. The summed E-state index contributed by atoms with van der Waals surface area (Å²) in [5.41, 5.74) is -0.808. The van der Waals surface area contributed by atoms with E-state index in [1.54, 1.807) is 6.92 Å². The summed E-state index contributed by atoms with van der Waals surface area (Å²) in [6, 6.07) is 9.95. The molecule has 0 bridgehead atoms. The van der Waals surface area contributed by atoms with Crippen LogP contribution in [0.5, 0.6) is 0 Å². The molecule has 0 aromatic heterocycles. The van der Waals surface area contributed by atoms with Crippen molar-refractivity contribution in [1.29, 1.82) is 5.26 Å². The van der Waals surface area contributed by atoms with Gasteiger partial charge in [-0.15, -0.1) is 11.8 Å². The third kappa shape index (κ3) is 4.88.